The Balaban J connectivity index is 2.25. The van der Waals surface area contributed by atoms with Crippen LogP contribution in [-0.4, -0.2) is 40.0 Å². The van der Waals surface area contributed by atoms with Gasteiger partial charge in [-0.25, -0.2) is 14.6 Å². The summed E-state index contributed by atoms with van der Waals surface area (Å²) in [6.45, 7) is 7.04. The topological polar surface area (TPSA) is 108 Å². The van der Waals surface area contributed by atoms with E-state index in [-0.39, 0.29) is 17.4 Å². The fourth-order valence-electron chi connectivity index (χ4n) is 3.24. The summed E-state index contributed by atoms with van der Waals surface area (Å²) in [5.41, 5.74) is 1.35. The number of hydrogen-bond donors (Lipinski definition) is 1. The molecule has 0 fully saturated rings. The van der Waals surface area contributed by atoms with Crippen molar-refractivity contribution in [1.29, 1.82) is 0 Å². The van der Waals surface area contributed by atoms with E-state index in [0.29, 0.717) is 17.7 Å². The number of imidazole rings is 2. The quantitative estimate of drug-likeness (QED) is 0.691. The largest absolute Gasteiger partial charge is 0.476 e. The third-order valence-electron chi connectivity index (χ3n) is 4.70. The van der Waals surface area contributed by atoms with Crippen LogP contribution in [0.15, 0.2) is 23.4 Å². The molecule has 0 aliphatic heterocycles. The molecule has 3 heterocycles. The van der Waals surface area contributed by atoms with E-state index in [1.165, 1.54) is 6.07 Å². The molecule has 26 heavy (non-hydrogen) atoms. The van der Waals surface area contributed by atoms with Crippen molar-refractivity contribution in [2.75, 3.05) is 0 Å². The van der Waals surface area contributed by atoms with Gasteiger partial charge in [-0.15, -0.1) is 10.2 Å². The molecule has 0 atom stereocenters. The SMILES string of the molecule is CCC(CC)n1c(=O)n(Cc2cncn2CC)c2cc(C(=O)O)nnc21. The number of aryl methyl sites for hydroxylation is 1. The zero-order valence-corrected chi connectivity index (χ0v) is 15.1. The summed E-state index contributed by atoms with van der Waals surface area (Å²) in [6.07, 6.45) is 4.96. The molecule has 0 unspecified atom stereocenters. The van der Waals surface area contributed by atoms with Gasteiger partial charge in [0.25, 0.3) is 0 Å². The molecule has 0 amide bonds. The van der Waals surface area contributed by atoms with Crippen LogP contribution in [0.5, 0.6) is 0 Å². The monoisotopic (exact) mass is 358 g/mol. The van der Waals surface area contributed by atoms with E-state index >= 15 is 0 Å². The van der Waals surface area contributed by atoms with Crippen molar-refractivity contribution < 1.29 is 9.90 Å². The minimum absolute atomic E-state index is 0.0210. The standard InChI is InChI=1S/C17H22N6O3/c1-4-11(5-2)23-15-14(7-13(16(24)25)19-20-15)22(17(23)26)9-12-8-18-10-21(12)6-3/h7-8,10-11H,4-6,9H2,1-3H3,(H,24,25). The number of aromatic carboxylic acids is 1. The number of carboxylic acids is 1. The molecule has 0 aromatic carbocycles. The second-order valence-electron chi connectivity index (χ2n) is 6.12. The summed E-state index contributed by atoms with van der Waals surface area (Å²) in [5, 5.41) is 17.1. The van der Waals surface area contributed by atoms with E-state index in [0.717, 1.165) is 25.1 Å². The molecular formula is C17H22N6O3. The van der Waals surface area contributed by atoms with Gasteiger partial charge in [0.2, 0.25) is 0 Å². The minimum atomic E-state index is -1.17. The lowest BCUT2D eigenvalue weighted by atomic mass is 10.2. The van der Waals surface area contributed by atoms with Gasteiger partial charge in [0.05, 0.1) is 24.1 Å². The van der Waals surface area contributed by atoms with Crippen molar-refractivity contribution in [3.8, 4) is 0 Å². The van der Waals surface area contributed by atoms with Crippen LogP contribution in [0, 0.1) is 0 Å². The second kappa shape index (κ2) is 7.11. The third kappa shape index (κ3) is 2.89. The normalized spacial score (nSPS) is 11.5. The number of hydrogen-bond acceptors (Lipinski definition) is 5. The van der Waals surface area contributed by atoms with Crippen LogP contribution >= 0.6 is 0 Å². The molecule has 3 aromatic rings. The Labute approximate surface area is 149 Å². The molecule has 0 saturated carbocycles. The molecule has 0 spiro atoms. The van der Waals surface area contributed by atoms with E-state index in [1.807, 2.05) is 25.3 Å². The Morgan fingerprint density at radius 3 is 2.58 bits per heavy atom. The van der Waals surface area contributed by atoms with E-state index in [9.17, 15) is 14.7 Å². The predicted octanol–water partition coefficient (Wildman–Crippen LogP) is 1.92. The van der Waals surface area contributed by atoms with Gasteiger partial charge < -0.3 is 9.67 Å². The van der Waals surface area contributed by atoms with Crippen LogP contribution < -0.4 is 5.69 Å². The highest BCUT2D eigenvalue weighted by Gasteiger charge is 2.22. The van der Waals surface area contributed by atoms with Gasteiger partial charge in [-0.3, -0.25) is 9.13 Å². The Hall–Kier alpha value is -2.97. The maximum absolute atomic E-state index is 13.1. The molecule has 3 aromatic heterocycles. The molecule has 0 bridgehead atoms. The van der Waals surface area contributed by atoms with Crippen LogP contribution in [-0.2, 0) is 13.1 Å². The van der Waals surface area contributed by atoms with E-state index < -0.39 is 5.97 Å². The van der Waals surface area contributed by atoms with Gasteiger partial charge >= 0.3 is 11.7 Å². The number of fused-ring (bicyclic) bond motifs is 1. The predicted molar refractivity (Wildman–Crippen MR) is 95.4 cm³/mol. The van der Waals surface area contributed by atoms with Crippen LogP contribution in [0.3, 0.4) is 0 Å². The van der Waals surface area contributed by atoms with Crippen molar-refractivity contribution in [3.63, 3.8) is 0 Å². The second-order valence-corrected chi connectivity index (χ2v) is 6.12. The van der Waals surface area contributed by atoms with Crippen molar-refractivity contribution >= 4 is 17.1 Å². The van der Waals surface area contributed by atoms with Crippen molar-refractivity contribution in [3.05, 3.63) is 40.5 Å². The fourth-order valence-corrected chi connectivity index (χ4v) is 3.24. The molecule has 3 rings (SSSR count). The maximum atomic E-state index is 13.1. The van der Waals surface area contributed by atoms with Crippen LogP contribution in [0.4, 0.5) is 0 Å². The maximum Gasteiger partial charge on any atom is 0.356 e. The van der Waals surface area contributed by atoms with Gasteiger partial charge in [-0.1, -0.05) is 13.8 Å². The van der Waals surface area contributed by atoms with Gasteiger partial charge in [0.15, 0.2) is 11.3 Å². The zero-order chi connectivity index (χ0) is 18.8. The van der Waals surface area contributed by atoms with Crippen molar-refractivity contribution in [1.82, 2.24) is 28.9 Å². The number of carboxylic acid groups (broad SMARTS) is 1. The molecule has 1 N–H and O–H groups in total. The summed E-state index contributed by atoms with van der Waals surface area (Å²) in [4.78, 5) is 28.6. The molecule has 0 radical (unpaired) electrons. The smallest absolute Gasteiger partial charge is 0.356 e. The van der Waals surface area contributed by atoms with E-state index in [4.69, 9.17) is 0 Å². The van der Waals surface area contributed by atoms with Crippen molar-refractivity contribution in [2.24, 2.45) is 0 Å². The van der Waals surface area contributed by atoms with Crippen molar-refractivity contribution in [2.45, 2.75) is 52.7 Å². The summed E-state index contributed by atoms with van der Waals surface area (Å²) in [6, 6.07) is 1.39. The Morgan fingerprint density at radius 1 is 1.23 bits per heavy atom. The highest BCUT2D eigenvalue weighted by atomic mass is 16.4. The van der Waals surface area contributed by atoms with Crippen LogP contribution in [0.2, 0.25) is 0 Å². The summed E-state index contributed by atoms with van der Waals surface area (Å²) in [5.74, 6) is -1.17. The van der Waals surface area contributed by atoms with Gasteiger partial charge in [0, 0.05) is 24.8 Å². The first kappa shape index (κ1) is 17.8. The lowest BCUT2D eigenvalue weighted by molar-refractivity contribution is 0.0689. The zero-order valence-electron chi connectivity index (χ0n) is 15.1. The molecule has 138 valence electrons. The number of carbonyl (C=O) groups is 1. The third-order valence-corrected chi connectivity index (χ3v) is 4.70. The Morgan fingerprint density at radius 2 is 1.96 bits per heavy atom. The lowest BCUT2D eigenvalue weighted by Gasteiger charge is -2.13. The fraction of sp³-hybridized carbons (Fsp3) is 0.471. The average molecular weight is 358 g/mol. The first-order valence-corrected chi connectivity index (χ1v) is 8.72. The Kier molecular flexibility index (Phi) is 4.88. The van der Waals surface area contributed by atoms with Crippen LogP contribution in [0.25, 0.3) is 11.2 Å². The van der Waals surface area contributed by atoms with Gasteiger partial charge in [0.1, 0.15) is 0 Å². The first-order valence-electron chi connectivity index (χ1n) is 8.72. The van der Waals surface area contributed by atoms with E-state index in [1.54, 1.807) is 21.7 Å². The van der Waals surface area contributed by atoms with Gasteiger partial charge in [-0.2, -0.15) is 0 Å². The summed E-state index contributed by atoms with van der Waals surface area (Å²) in [7, 11) is 0. The Bertz CT molecular complexity index is 996. The van der Waals surface area contributed by atoms with Crippen LogP contribution in [0.1, 0.15) is 55.8 Å². The number of rotatable bonds is 7. The number of aromatic nitrogens is 6. The highest BCUT2D eigenvalue weighted by Crippen LogP contribution is 2.21. The summed E-state index contributed by atoms with van der Waals surface area (Å²) < 4.78 is 5.12. The lowest BCUT2D eigenvalue weighted by Crippen LogP contribution is -2.28. The minimum Gasteiger partial charge on any atom is -0.476 e. The highest BCUT2D eigenvalue weighted by molar-refractivity contribution is 5.88. The molecule has 0 aliphatic carbocycles. The molecule has 9 nitrogen and oxygen atoms in total. The summed E-state index contributed by atoms with van der Waals surface area (Å²) >= 11 is 0. The van der Waals surface area contributed by atoms with Gasteiger partial charge in [-0.05, 0) is 19.8 Å². The number of nitrogens with zero attached hydrogens (tertiary/aromatic N) is 6. The molecule has 0 saturated heterocycles. The molecule has 9 heteroatoms. The average Bonchev–Trinajstić information content (AvgIpc) is 3.20. The van der Waals surface area contributed by atoms with E-state index in [2.05, 4.69) is 15.2 Å². The first-order chi connectivity index (χ1) is 12.5. The molecule has 0 aliphatic rings. The molecular weight excluding hydrogens is 336 g/mol.